The summed E-state index contributed by atoms with van der Waals surface area (Å²) in [5.74, 6) is 2.16. The smallest absolute Gasteiger partial charge is 0.156 e. The SMILES string of the molecule is C=C1CC2C(CC[C@@]3(C)C2CC[C@@]3(C)O)[C@@]2(C)CCC(=O)C=C12. The first-order chi connectivity index (χ1) is 10.7. The molecule has 0 aromatic carbocycles. The van der Waals surface area contributed by atoms with Gasteiger partial charge in [0.1, 0.15) is 0 Å². The van der Waals surface area contributed by atoms with Gasteiger partial charge in [0.2, 0.25) is 0 Å². The predicted octanol–water partition coefficient (Wildman–Crippen LogP) is 4.44. The van der Waals surface area contributed by atoms with E-state index in [0.717, 1.165) is 32.1 Å². The molecule has 4 aliphatic carbocycles. The average Bonchev–Trinajstić information content (AvgIpc) is 2.72. The topological polar surface area (TPSA) is 37.3 Å². The highest BCUT2D eigenvalue weighted by atomic mass is 16.3. The van der Waals surface area contributed by atoms with E-state index in [1.165, 1.54) is 17.6 Å². The second-order valence-corrected chi connectivity index (χ2v) is 9.39. The van der Waals surface area contributed by atoms with E-state index >= 15 is 0 Å². The molecule has 0 bridgehead atoms. The van der Waals surface area contributed by atoms with E-state index in [1.54, 1.807) is 0 Å². The van der Waals surface area contributed by atoms with Crippen LogP contribution in [0.2, 0.25) is 0 Å². The van der Waals surface area contributed by atoms with Crippen LogP contribution in [0.4, 0.5) is 0 Å². The van der Waals surface area contributed by atoms with Gasteiger partial charge < -0.3 is 5.11 Å². The molecule has 23 heavy (non-hydrogen) atoms. The fourth-order valence-corrected chi connectivity index (χ4v) is 6.81. The van der Waals surface area contributed by atoms with E-state index in [1.807, 2.05) is 6.08 Å². The third-order valence-electron chi connectivity index (χ3n) is 8.49. The van der Waals surface area contributed by atoms with Gasteiger partial charge in [-0.1, -0.05) is 26.0 Å². The molecule has 0 radical (unpaired) electrons. The summed E-state index contributed by atoms with van der Waals surface area (Å²) in [5, 5.41) is 11.0. The Hall–Kier alpha value is -0.890. The average molecular weight is 314 g/mol. The quantitative estimate of drug-likeness (QED) is 0.718. The van der Waals surface area contributed by atoms with Gasteiger partial charge in [0.15, 0.2) is 5.78 Å². The molecule has 4 aliphatic rings. The van der Waals surface area contributed by atoms with Crippen LogP contribution in [0, 0.1) is 28.6 Å². The molecular weight excluding hydrogens is 284 g/mol. The van der Waals surface area contributed by atoms with Crippen LogP contribution in [0.5, 0.6) is 0 Å². The first kappa shape index (κ1) is 15.6. The minimum absolute atomic E-state index is 0.0521. The second kappa shape index (κ2) is 4.59. The number of ketones is 1. The molecule has 6 atom stereocenters. The van der Waals surface area contributed by atoms with Crippen molar-refractivity contribution >= 4 is 5.78 Å². The maximum absolute atomic E-state index is 11.9. The molecule has 3 unspecified atom stereocenters. The van der Waals surface area contributed by atoms with Crippen molar-refractivity contribution in [3.63, 3.8) is 0 Å². The molecule has 0 aromatic heterocycles. The third kappa shape index (κ3) is 1.88. The van der Waals surface area contributed by atoms with Gasteiger partial charge in [-0.3, -0.25) is 4.79 Å². The first-order valence-corrected chi connectivity index (χ1v) is 9.35. The lowest BCUT2D eigenvalue weighted by atomic mass is 9.46. The summed E-state index contributed by atoms with van der Waals surface area (Å²) in [6, 6.07) is 0. The van der Waals surface area contributed by atoms with Crippen LogP contribution in [-0.4, -0.2) is 16.5 Å². The van der Waals surface area contributed by atoms with Gasteiger partial charge in [0, 0.05) is 6.42 Å². The van der Waals surface area contributed by atoms with Crippen LogP contribution < -0.4 is 0 Å². The van der Waals surface area contributed by atoms with Crippen molar-refractivity contribution in [2.24, 2.45) is 28.6 Å². The van der Waals surface area contributed by atoms with E-state index in [0.29, 0.717) is 24.2 Å². The second-order valence-electron chi connectivity index (χ2n) is 9.39. The van der Waals surface area contributed by atoms with Gasteiger partial charge in [-0.15, -0.1) is 0 Å². The highest BCUT2D eigenvalue weighted by molar-refractivity contribution is 5.92. The van der Waals surface area contributed by atoms with Crippen LogP contribution in [0.1, 0.15) is 65.7 Å². The van der Waals surface area contributed by atoms with Gasteiger partial charge in [-0.2, -0.15) is 0 Å². The van der Waals surface area contributed by atoms with Crippen molar-refractivity contribution in [3.8, 4) is 0 Å². The standard InChI is InChI=1S/C21H30O2/c1-13-11-15-16(19(2)8-5-14(22)12-18(13)19)6-9-20(3)17(15)7-10-21(20,4)23/h12,15-17,23H,1,5-11H2,2-4H3/t15?,16?,17?,19-,20+,21-/m1/s1. The number of carbonyl (C=O) groups is 1. The van der Waals surface area contributed by atoms with Crippen LogP contribution in [0.15, 0.2) is 23.8 Å². The Morgan fingerprint density at radius 2 is 1.83 bits per heavy atom. The minimum Gasteiger partial charge on any atom is -0.390 e. The number of allylic oxidation sites excluding steroid dienone is 2. The van der Waals surface area contributed by atoms with Crippen LogP contribution in [0.3, 0.4) is 0 Å². The number of rotatable bonds is 0. The maximum Gasteiger partial charge on any atom is 0.156 e. The van der Waals surface area contributed by atoms with Gasteiger partial charge in [-0.05, 0) is 85.7 Å². The Morgan fingerprint density at radius 1 is 1.13 bits per heavy atom. The molecule has 126 valence electrons. The molecule has 3 saturated carbocycles. The van der Waals surface area contributed by atoms with Gasteiger partial charge in [-0.25, -0.2) is 0 Å². The van der Waals surface area contributed by atoms with Crippen molar-refractivity contribution in [3.05, 3.63) is 23.8 Å². The van der Waals surface area contributed by atoms with Crippen molar-refractivity contribution in [1.82, 2.24) is 0 Å². The van der Waals surface area contributed by atoms with Crippen molar-refractivity contribution in [1.29, 1.82) is 0 Å². The van der Waals surface area contributed by atoms with Crippen LogP contribution >= 0.6 is 0 Å². The zero-order chi connectivity index (χ0) is 16.6. The summed E-state index contributed by atoms with van der Waals surface area (Å²) in [4.78, 5) is 11.9. The Balaban J connectivity index is 1.75. The molecule has 2 heteroatoms. The molecule has 0 heterocycles. The van der Waals surface area contributed by atoms with Gasteiger partial charge in [0.25, 0.3) is 0 Å². The van der Waals surface area contributed by atoms with Crippen LogP contribution in [0.25, 0.3) is 0 Å². The van der Waals surface area contributed by atoms with E-state index in [2.05, 4.69) is 27.4 Å². The van der Waals surface area contributed by atoms with Crippen molar-refractivity contribution in [2.75, 3.05) is 0 Å². The highest BCUT2D eigenvalue weighted by Crippen LogP contribution is 2.67. The Bertz CT molecular complexity index is 613. The zero-order valence-electron chi connectivity index (χ0n) is 14.8. The lowest BCUT2D eigenvalue weighted by Gasteiger charge is -2.59. The molecule has 0 saturated heterocycles. The largest absolute Gasteiger partial charge is 0.390 e. The zero-order valence-corrected chi connectivity index (χ0v) is 14.8. The number of hydrogen-bond donors (Lipinski definition) is 1. The van der Waals surface area contributed by atoms with Gasteiger partial charge in [0.05, 0.1) is 5.60 Å². The first-order valence-electron chi connectivity index (χ1n) is 9.35. The van der Waals surface area contributed by atoms with E-state index in [-0.39, 0.29) is 16.6 Å². The van der Waals surface area contributed by atoms with Crippen molar-refractivity contribution < 1.29 is 9.90 Å². The molecule has 0 amide bonds. The fourth-order valence-electron chi connectivity index (χ4n) is 6.81. The molecular formula is C21H30O2. The number of fused-ring (bicyclic) bond motifs is 5. The van der Waals surface area contributed by atoms with Gasteiger partial charge >= 0.3 is 0 Å². The molecule has 4 rings (SSSR count). The lowest BCUT2D eigenvalue weighted by molar-refractivity contribution is -0.121. The van der Waals surface area contributed by atoms with E-state index in [9.17, 15) is 9.90 Å². The predicted molar refractivity (Wildman–Crippen MR) is 91.9 cm³/mol. The molecule has 0 aromatic rings. The van der Waals surface area contributed by atoms with Crippen molar-refractivity contribution in [2.45, 2.75) is 71.3 Å². The number of hydrogen-bond acceptors (Lipinski definition) is 2. The normalized spacial score (nSPS) is 52.5. The molecule has 1 N–H and O–H groups in total. The van der Waals surface area contributed by atoms with E-state index < -0.39 is 5.60 Å². The summed E-state index contributed by atoms with van der Waals surface area (Å²) in [6.45, 7) is 11.1. The molecule has 2 nitrogen and oxygen atoms in total. The molecule has 0 spiro atoms. The Morgan fingerprint density at radius 3 is 2.57 bits per heavy atom. The maximum atomic E-state index is 11.9. The number of carbonyl (C=O) groups excluding carboxylic acids is 1. The fraction of sp³-hybridized carbons (Fsp3) is 0.762. The number of aliphatic hydroxyl groups is 1. The lowest BCUT2D eigenvalue weighted by Crippen LogP contribution is -2.54. The third-order valence-corrected chi connectivity index (χ3v) is 8.49. The van der Waals surface area contributed by atoms with E-state index in [4.69, 9.17) is 0 Å². The summed E-state index contributed by atoms with van der Waals surface area (Å²) in [6.07, 6.45) is 8.98. The minimum atomic E-state index is -0.524. The molecule has 0 aliphatic heterocycles. The summed E-state index contributed by atoms with van der Waals surface area (Å²) in [7, 11) is 0. The summed E-state index contributed by atoms with van der Waals surface area (Å²) in [5.41, 5.74) is 2.10. The van der Waals surface area contributed by atoms with Crippen LogP contribution in [-0.2, 0) is 4.79 Å². The Labute approximate surface area is 140 Å². The highest BCUT2D eigenvalue weighted by Gasteiger charge is 2.62. The molecule has 3 fully saturated rings. The monoisotopic (exact) mass is 314 g/mol. The summed E-state index contributed by atoms with van der Waals surface area (Å²) >= 11 is 0. The Kier molecular flexibility index (Phi) is 3.12. The summed E-state index contributed by atoms with van der Waals surface area (Å²) < 4.78 is 0.